The third-order valence-electron chi connectivity index (χ3n) is 3.45. The molecule has 0 atom stereocenters. The van der Waals surface area contributed by atoms with Crippen LogP contribution in [0.25, 0.3) is 10.4 Å². The molecule has 0 fully saturated rings. The first kappa shape index (κ1) is 14.9. The van der Waals surface area contributed by atoms with E-state index in [4.69, 9.17) is 0 Å². The summed E-state index contributed by atoms with van der Waals surface area (Å²) in [6, 6.07) is 14.6. The van der Waals surface area contributed by atoms with Gasteiger partial charge in [0, 0.05) is 37.6 Å². The Balaban J connectivity index is 1.50. The topological polar surface area (TPSA) is 37.8 Å². The quantitative estimate of drug-likeness (QED) is 0.703. The fraction of sp³-hybridized carbons (Fsp3) is 0.222. The third kappa shape index (κ3) is 4.00. The second kappa shape index (κ2) is 7.29. The number of nitrogens with one attached hydrogen (secondary N) is 1. The average molecular weight is 309 g/mol. The van der Waals surface area contributed by atoms with Gasteiger partial charge in [-0.15, -0.1) is 11.3 Å². The molecule has 0 unspecified atom stereocenters. The molecule has 22 heavy (non-hydrogen) atoms. The predicted molar refractivity (Wildman–Crippen MR) is 91.9 cm³/mol. The maximum Gasteiger partial charge on any atom is 0.107 e. The molecule has 3 nitrogen and oxygen atoms in total. The van der Waals surface area contributed by atoms with Gasteiger partial charge in [-0.05, 0) is 24.6 Å². The Hall–Kier alpha value is -2.04. The Morgan fingerprint density at radius 1 is 1.05 bits per heavy atom. The molecule has 2 heterocycles. The van der Waals surface area contributed by atoms with E-state index in [1.165, 1.54) is 16.0 Å². The molecule has 1 aromatic carbocycles. The number of hydrogen-bond acceptors (Lipinski definition) is 4. The van der Waals surface area contributed by atoms with Gasteiger partial charge in [-0.25, -0.2) is 4.98 Å². The monoisotopic (exact) mass is 309 g/mol. The smallest absolute Gasteiger partial charge is 0.107 e. The molecule has 4 heteroatoms. The molecule has 0 aliphatic heterocycles. The molecule has 0 saturated heterocycles. The maximum absolute atomic E-state index is 4.50. The van der Waals surface area contributed by atoms with Crippen molar-refractivity contribution in [2.24, 2.45) is 0 Å². The first-order valence-corrected chi connectivity index (χ1v) is 8.25. The van der Waals surface area contributed by atoms with Crippen LogP contribution in [0.15, 0.2) is 54.9 Å². The van der Waals surface area contributed by atoms with Crippen LogP contribution >= 0.6 is 11.3 Å². The maximum atomic E-state index is 4.50. The predicted octanol–water partition coefficient (Wildman–Crippen LogP) is 3.85. The first-order chi connectivity index (χ1) is 10.8. The number of thiazole rings is 1. The number of hydrogen-bond donors (Lipinski definition) is 1. The van der Waals surface area contributed by atoms with Crippen molar-refractivity contribution in [2.45, 2.75) is 19.9 Å². The lowest BCUT2D eigenvalue weighted by atomic mass is 10.1. The number of aromatic nitrogens is 2. The Morgan fingerprint density at radius 2 is 1.91 bits per heavy atom. The number of aryl methyl sites for hydroxylation is 1. The van der Waals surface area contributed by atoms with Crippen LogP contribution in [-0.4, -0.2) is 16.5 Å². The molecule has 0 saturated carbocycles. The fourth-order valence-electron chi connectivity index (χ4n) is 2.20. The van der Waals surface area contributed by atoms with Crippen molar-refractivity contribution in [1.29, 1.82) is 0 Å². The summed E-state index contributed by atoms with van der Waals surface area (Å²) in [5, 5.41) is 4.55. The number of benzene rings is 1. The highest BCUT2D eigenvalue weighted by Gasteiger charge is 2.04. The van der Waals surface area contributed by atoms with E-state index in [9.17, 15) is 0 Å². The van der Waals surface area contributed by atoms with Crippen molar-refractivity contribution in [3.8, 4) is 10.4 Å². The van der Waals surface area contributed by atoms with Crippen molar-refractivity contribution in [1.82, 2.24) is 15.3 Å². The van der Waals surface area contributed by atoms with Crippen molar-refractivity contribution in [2.75, 3.05) is 6.54 Å². The minimum atomic E-state index is 0.809. The summed E-state index contributed by atoms with van der Waals surface area (Å²) in [6.45, 7) is 3.83. The van der Waals surface area contributed by atoms with E-state index >= 15 is 0 Å². The zero-order valence-electron chi connectivity index (χ0n) is 12.6. The normalized spacial score (nSPS) is 10.8. The van der Waals surface area contributed by atoms with Crippen LogP contribution in [0.1, 0.15) is 16.3 Å². The van der Waals surface area contributed by atoms with Crippen molar-refractivity contribution >= 4 is 11.3 Å². The van der Waals surface area contributed by atoms with Crippen molar-refractivity contribution < 1.29 is 0 Å². The van der Waals surface area contributed by atoms with Crippen LogP contribution in [0, 0.1) is 6.92 Å². The molecule has 0 spiro atoms. The number of pyridine rings is 1. The molecule has 0 bridgehead atoms. The summed E-state index contributed by atoms with van der Waals surface area (Å²) in [5.74, 6) is 0. The third-order valence-corrected chi connectivity index (χ3v) is 4.50. The summed E-state index contributed by atoms with van der Waals surface area (Å²) >= 11 is 1.75. The van der Waals surface area contributed by atoms with Gasteiger partial charge in [0.1, 0.15) is 5.01 Å². The highest BCUT2D eigenvalue weighted by Crippen LogP contribution is 2.26. The Morgan fingerprint density at radius 3 is 2.68 bits per heavy atom. The van der Waals surface area contributed by atoms with E-state index in [0.717, 1.165) is 30.2 Å². The molecular weight excluding hydrogens is 290 g/mol. The highest BCUT2D eigenvalue weighted by atomic mass is 32.1. The van der Waals surface area contributed by atoms with Gasteiger partial charge in [0.25, 0.3) is 0 Å². The van der Waals surface area contributed by atoms with Crippen molar-refractivity contribution in [3.63, 3.8) is 0 Å². The van der Waals surface area contributed by atoms with E-state index < -0.39 is 0 Å². The van der Waals surface area contributed by atoms with Crippen LogP contribution in [0.3, 0.4) is 0 Å². The van der Waals surface area contributed by atoms with Gasteiger partial charge >= 0.3 is 0 Å². The average Bonchev–Trinajstić information content (AvgIpc) is 3.02. The molecule has 2 aromatic heterocycles. The Kier molecular flexibility index (Phi) is 4.93. The zero-order valence-corrected chi connectivity index (χ0v) is 13.4. The van der Waals surface area contributed by atoms with Gasteiger partial charge in [-0.1, -0.05) is 35.9 Å². The van der Waals surface area contributed by atoms with Crippen LogP contribution in [0.5, 0.6) is 0 Å². The van der Waals surface area contributed by atoms with Gasteiger partial charge in [0.05, 0.1) is 4.88 Å². The van der Waals surface area contributed by atoms with Gasteiger partial charge in [0.15, 0.2) is 0 Å². The molecular formula is C18H19N3S. The second-order valence-electron chi connectivity index (χ2n) is 5.23. The summed E-state index contributed by atoms with van der Waals surface area (Å²) in [5.41, 5.74) is 3.64. The van der Waals surface area contributed by atoms with E-state index in [-0.39, 0.29) is 0 Å². The number of nitrogens with zero attached hydrogens (tertiary/aromatic N) is 2. The van der Waals surface area contributed by atoms with Crippen LogP contribution < -0.4 is 5.32 Å². The molecule has 0 radical (unpaired) electrons. The van der Waals surface area contributed by atoms with E-state index in [1.54, 1.807) is 11.3 Å². The minimum absolute atomic E-state index is 0.809. The second-order valence-corrected chi connectivity index (χ2v) is 6.35. The lowest BCUT2D eigenvalue weighted by Crippen LogP contribution is -2.16. The zero-order chi connectivity index (χ0) is 15.2. The molecule has 0 aliphatic rings. The summed E-state index contributed by atoms with van der Waals surface area (Å²) < 4.78 is 0. The molecule has 0 aliphatic carbocycles. The van der Waals surface area contributed by atoms with E-state index in [1.807, 2.05) is 24.5 Å². The van der Waals surface area contributed by atoms with Gasteiger partial charge in [0.2, 0.25) is 0 Å². The van der Waals surface area contributed by atoms with Gasteiger partial charge in [-0.2, -0.15) is 0 Å². The van der Waals surface area contributed by atoms with E-state index in [2.05, 4.69) is 52.5 Å². The molecule has 1 N–H and O–H groups in total. The SMILES string of the molecule is Cc1ccc(-c2cnc(CNCCc3ccccn3)s2)cc1. The fourth-order valence-corrected chi connectivity index (χ4v) is 3.09. The lowest BCUT2D eigenvalue weighted by molar-refractivity contribution is 0.677. The van der Waals surface area contributed by atoms with Gasteiger partial charge in [-0.3, -0.25) is 4.98 Å². The largest absolute Gasteiger partial charge is 0.310 e. The Bertz CT molecular complexity index is 705. The van der Waals surface area contributed by atoms with Crippen LogP contribution in [0.4, 0.5) is 0 Å². The summed E-state index contributed by atoms with van der Waals surface area (Å²) in [6.07, 6.45) is 4.74. The van der Waals surface area contributed by atoms with E-state index in [0.29, 0.717) is 0 Å². The molecule has 3 aromatic rings. The standard InChI is InChI=1S/C18H19N3S/c1-14-5-7-15(8-6-14)17-12-21-18(22-17)13-19-11-9-16-4-2-3-10-20-16/h2-8,10,12,19H,9,11,13H2,1H3. The minimum Gasteiger partial charge on any atom is -0.310 e. The highest BCUT2D eigenvalue weighted by molar-refractivity contribution is 7.15. The Labute approximate surface area is 135 Å². The molecule has 3 rings (SSSR count). The molecule has 0 amide bonds. The van der Waals surface area contributed by atoms with Crippen LogP contribution in [-0.2, 0) is 13.0 Å². The summed E-state index contributed by atoms with van der Waals surface area (Å²) in [7, 11) is 0. The van der Waals surface area contributed by atoms with Gasteiger partial charge < -0.3 is 5.32 Å². The van der Waals surface area contributed by atoms with Crippen LogP contribution in [0.2, 0.25) is 0 Å². The number of rotatable bonds is 6. The first-order valence-electron chi connectivity index (χ1n) is 7.43. The van der Waals surface area contributed by atoms with Crippen molar-refractivity contribution in [3.05, 3.63) is 71.1 Å². The lowest BCUT2D eigenvalue weighted by Gasteiger charge is -2.02. The summed E-state index contributed by atoms with van der Waals surface area (Å²) in [4.78, 5) is 10.0. The molecule has 112 valence electrons.